The fourth-order valence-corrected chi connectivity index (χ4v) is 2.36. The van der Waals surface area contributed by atoms with Crippen LogP contribution in [0.2, 0.25) is 0 Å². The van der Waals surface area contributed by atoms with Crippen LogP contribution in [-0.2, 0) is 32.7 Å². The van der Waals surface area contributed by atoms with Gasteiger partial charge >= 0.3 is 19.8 Å². The topological polar surface area (TPSA) is 108 Å². The maximum atomic E-state index is 11.9. The van der Waals surface area contributed by atoms with Gasteiger partial charge < -0.3 is 18.9 Å². The number of esters is 2. The predicted octanol–water partition coefficient (Wildman–Crippen LogP) is 1.88. The molecule has 0 aliphatic carbocycles. The zero-order chi connectivity index (χ0) is 20.2. The van der Waals surface area contributed by atoms with Crippen LogP contribution in [0.4, 0.5) is 0 Å². The van der Waals surface area contributed by atoms with E-state index in [1.165, 1.54) is 0 Å². The van der Waals surface area contributed by atoms with Crippen LogP contribution >= 0.6 is 7.82 Å². The van der Waals surface area contributed by atoms with Crippen molar-refractivity contribution in [2.45, 2.75) is 45.6 Å². The highest BCUT2D eigenvalue weighted by Crippen LogP contribution is 2.43. The fraction of sp³-hybridized carbons (Fsp3) is 0.875. The molecule has 10 heteroatoms. The van der Waals surface area contributed by atoms with E-state index in [2.05, 4.69) is 0 Å². The van der Waals surface area contributed by atoms with Crippen LogP contribution in [0.1, 0.15) is 39.5 Å². The summed E-state index contributed by atoms with van der Waals surface area (Å²) in [4.78, 5) is 32.7. The van der Waals surface area contributed by atoms with E-state index < -0.39 is 32.5 Å². The molecule has 154 valence electrons. The third-order valence-electron chi connectivity index (χ3n) is 3.19. The van der Waals surface area contributed by atoms with E-state index in [1.54, 1.807) is 6.92 Å². The standard InChI is InChI=1S/C16H32NO8P/c1-6-8-9-16(19)25-14(12-22-15(18)7-2)13-24-26(20,21)23-11-10-17(3,4)5/h14H,6-13H2,1-5H3/p+1/t14-/m1/s1. The quantitative estimate of drug-likeness (QED) is 0.268. The molecule has 0 fully saturated rings. The summed E-state index contributed by atoms with van der Waals surface area (Å²) in [6.07, 6.45) is 0.897. The molecule has 0 heterocycles. The highest BCUT2D eigenvalue weighted by Gasteiger charge is 2.26. The third kappa shape index (κ3) is 14.2. The lowest BCUT2D eigenvalue weighted by molar-refractivity contribution is -0.870. The molecular formula is C16H33NO8P+. The number of carbonyl (C=O) groups is 2. The summed E-state index contributed by atoms with van der Waals surface area (Å²) in [7, 11) is 1.46. The second-order valence-electron chi connectivity index (χ2n) is 6.86. The minimum Gasteiger partial charge on any atom is -0.462 e. The Labute approximate surface area is 155 Å². The number of nitrogens with zero attached hydrogens (tertiary/aromatic N) is 1. The number of hydrogen-bond acceptors (Lipinski definition) is 7. The van der Waals surface area contributed by atoms with E-state index in [1.807, 2.05) is 28.1 Å². The molecule has 0 bridgehead atoms. The van der Waals surface area contributed by atoms with Crippen molar-refractivity contribution in [1.29, 1.82) is 0 Å². The average molecular weight is 398 g/mol. The molecule has 0 saturated carbocycles. The van der Waals surface area contributed by atoms with E-state index in [0.29, 0.717) is 17.4 Å². The summed E-state index contributed by atoms with van der Waals surface area (Å²) < 4.78 is 32.4. The van der Waals surface area contributed by atoms with Gasteiger partial charge in [0.2, 0.25) is 0 Å². The third-order valence-corrected chi connectivity index (χ3v) is 4.18. The first kappa shape index (κ1) is 25.0. The van der Waals surface area contributed by atoms with Crippen molar-refractivity contribution in [3.8, 4) is 0 Å². The Balaban J connectivity index is 4.55. The van der Waals surface area contributed by atoms with Crippen LogP contribution in [0.5, 0.6) is 0 Å². The summed E-state index contributed by atoms with van der Waals surface area (Å²) in [5.41, 5.74) is 0. The first-order chi connectivity index (χ1) is 12.0. The van der Waals surface area contributed by atoms with E-state index >= 15 is 0 Å². The highest BCUT2D eigenvalue weighted by atomic mass is 31.2. The van der Waals surface area contributed by atoms with Gasteiger partial charge in [0.1, 0.15) is 19.8 Å². The van der Waals surface area contributed by atoms with Gasteiger partial charge in [0.05, 0.1) is 27.7 Å². The van der Waals surface area contributed by atoms with Gasteiger partial charge in [0.15, 0.2) is 6.10 Å². The number of carbonyl (C=O) groups excluding carboxylic acids is 2. The molecule has 0 spiro atoms. The van der Waals surface area contributed by atoms with Crippen LogP contribution in [0, 0.1) is 0 Å². The van der Waals surface area contributed by atoms with E-state index in [4.69, 9.17) is 18.5 Å². The van der Waals surface area contributed by atoms with Crippen molar-refractivity contribution in [3.05, 3.63) is 0 Å². The van der Waals surface area contributed by atoms with Crippen molar-refractivity contribution < 1.29 is 42.1 Å². The number of hydrogen-bond donors (Lipinski definition) is 1. The molecular weight excluding hydrogens is 365 g/mol. The fourth-order valence-electron chi connectivity index (χ4n) is 1.61. The van der Waals surface area contributed by atoms with Crippen molar-refractivity contribution in [2.75, 3.05) is 47.5 Å². The van der Waals surface area contributed by atoms with Crippen molar-refractivity contribution >= 4 is 19.8 Å². The van der Waals surface area contributed by atoms with Gasteiger partial charge in [-0.1, -0.05) is 20.3 Å². The van der Waals surface area contributed by atoms with Gasteiger partial charge in [-0.3, -0.25) is 18.6 Å². The summed E-state index contributed by atoms with van der Waals surface area (Å²) in [6.45, 7) is 3.45. The van der Waals surface area contributed by atoms with Crippen molar-refractivity contribution in [3.63, 3.8) is 0 Å². The number of quaternary nitrogens is 1. The summed E-state index contributed by atoms with van der Waals surface area (Å²) >= 11 is 0. The van der Waals surface area contributed by atoms with Crippen LogP contribution < -0.4 is 0 Å². The number of likely N-dealkylation sites (N-methyl/N-ethyl adjacent to an activating group) is 1. The zero-order valence-electron chi connectivity index (χ0n) is 16.4. The molecule has 0 radical (unpaired) electrons. The number of unbranched alkanes of at least 4 members (excludes halogenated alkanes) is 1. The lowest BCUT2D eigenvalue weighted by Crippen LogP contribution is -2.37. The monoisotopic (exact) mass is 398 g/mol. The Kier molecular flexibility index (Phi) is 11.9. The minimum absolute atomic E-state index is 0.0308. The molecule has 2 atom stereocenters. The van der Waals surface area contributed by atoms with E-state index in [0.717, 1.165) is 6.42 Å². The normalized spacial score (nSPS) is 15.2. The molecule has 1 unspecified atom stereocenters. The highest BCUT2D eigenvalue weighted by molar-refractivity contribution is 7.47. The molecule has 26 heavy (non-hydrogen) atoms. The van der Waals surface area contributed by atoms with E-state index in [-0.39, 0.29) is 26.1 Å². The molecule has 1 N–H and O–H groups in total. The zero-order valence-corrected chi connectivity index (χ0v) is 17.3. The SMILES string of the molecule is CCCCC(=O)O[C@H](COC(=O)CC)COP(=O)(O)OCC[N+](C)(C)C. The summed E-state index contributed by atoms with van der Waals surface area (Å²) in [5.74, 6) is -0.947. The minimum atomic E-state index is -4.29. The summed E-state index contributed by atoms with van der Waals surface area (Å²) in [6, 6.07) is 0. The molecule has 0 rings (SSSR count). The van der Waals surface area contributed by atoms with Crippen molar-refractivity contribution in [2.24, 2.45) is 0 Å². The summed E-state index contributed by atoms with van der Waals surface area (Å²) in [5, 5.41) is 0. The van der Waals surface area contributed by atoms with Gasteiger partial charge in [-0.15, -0.1) is 0 Å². The van der Waals surface area contributed by atoms with Gasteiger partial charge in [0, 0.05) is 12.8 Å². The van der Waals surface area contributed by atoms with Crippen LogP contribution in [0.25, 0.3) is 0 Å². The molecule has 0 saturated heterocycles. The van der Waals surface area contributed by atoms with Gasteiger partial charge in [-0.05, 0) is 6.42 Å². The number of phosphoric ester groups is 1. The smallest absolute Gasteiger partial charge is 0.462 e. The van der Waals surface area contributed by atoms with Crippen molar-refractivity contribution in [1.82, 2.24) is 0 Å². The maximum absolute atomic E-state index is 11.9. The van der Waals surface area contributed by atoms with Crippen LogP contribution in [0.3, 0.4) is 0 Å². The van der Waals surface area contributed by atoms with Gasteiger partial charge in [0.25, 0.3) is 0 Å². The first-order valence-electron chi connectivity index (χ1n) is 8.76. The Hall–Kier alpha value is -0.990. The molecule has 0 aliphatic heterocycles. The molecule has 0 aromatic heterocycles. The lowest BCUT2D eigenvalue weighted by atomic mass is 10.2. The largest absolute Gasteiger partial charge is 0.472 e. The Morgan fingerprint density at radius 3 is 2.27 bits per heavy atom. The van der Waals surface area contributed by atoms with Crippen LogP contribution in [0.15, 0.2) is 0 Å². The number of phosphoric acid groups is 1. The van der Waals surface area contributed by atoms with E-state index in [9.17, 15) is 19.0 Å². The molecule has 0 aliphatic rings. The second-order valence-corrected chi connectivity index (χ2v) is 8.32. The van der Waals surface area contributed by atoms with Gasteiger partial charge in [-0.25, -0.2) is 4.57 Å². The maximum Gasteiger partial charge on any atom is 0.472 e. The van der Waals surface area contributed by atoms with Crippen LogP contribution in [-0.4, -0.2) is 74.9 Å². The number of ether oxygens (including phenoxy) is 2. The Morgan fingerprint density at radius 2 is 1.73 bits per heavy atom. The predicted molar refractivity (Wildman–Crippen MR) is 95.3 cm³/mol. The Bertz CT molecular complexity index is 477. The molecule has 0 aromatic carbocycles. The number of rotatable bonds is 14. The average Bonchev–Trinajstić information content (AvgIpc) is 2.53. The molecule has 0 aromatic rings. The molecule has 9 nitrogen and oxygen atoms in total. The van der Waals surface area contributed by atoms with Gasteiger partial charge in [-0.2, -0.15) is 0 Å². The Morgan fingerprint density at radius 1 is 1.08 bits per heavy atom. The first-order valence-corrected chi connectivity index (χ1v) is 10.3. The lowest BCUT2D eigenvalue weighted by Gasteiger charge is -2.24. The second kappa shape index (κ2) is 12.4. The molecule has 0 amide bonds.